The van der Waals surface area contributed by atoms with Gasteiger partial charge in [-0.05, 0) is 56.5 Å². The van der Waals surface area contributed by atoms with E-state index in [0.29, 0.717) is 5.17 Å². The summed E-state index contributed by atoms with van der Waals surface area (Å²) in [6.07, 6.45) is 3.76. The van der Waals surface area contributed by atoms with Crippen LogP contribution in [0.2, 0.25) is 0 Å². The Hall–Kier alpha value is -2.19. The fourth-order valence-corrected chi connectivity index (χ4v) is 2.39. The monoisotopic (exact) mass is 284 g/mol. The molecule has 0 radical (unpaired) electrons. The van der Waals surface area contributed by atoms with Crippen molar-refractivity contribution in [2.24, 2.45) is 4.99 Å². The summed E-state index contributed by atoms with van der Waals surface area (Å²) in [4.78, 5) is 4.37. The van der Waals surface area contributed by atoms with Crippen molar-refractivity contribution in [3.63, 3.8) is 0 Å². The number of hydrogen-bond donors (Lipinski definition) is 1. The Morgan fingerprint density at radius 1 is 1.15 bits per heavy atom. The van der Waals surface area contributed by atoms with Crippen molar-refractivity contribution in [1.29, 1.82) is 5.26 Å². The number of hydrogen-bond acceptors (Lipinski definition) is 3. The van der Waals surface area contributed by atoms with Crippen LogP contribution in [0.4, 0.5) is 5.69 Å². The zero-order chi connectivity index (χ0) is 14.5. The molecule has 0 aliphatic carbocycles. The van der Waals surface area contributed by atoms with Gasteiger partial charge in [0, 0.05) is 17.1 Å². The molecule has 0 amide bonds. The van der Waals surface area contributed by atoms with Crippen molar-refractivity contribution >= 4 is 22.6 Å². The van der Waals surface area contributed by atoms with Crippen molar-refractivity contribution in [3.8, 4) is 11.9 Å². The second kappa shape index (κ2) is 6.31. The molecule has 1 N–H and O–H groups in total. The summed E-state index contributed by atoms with van der Waals surface area (Å²) in [7, 11) is 0. The zero-order valence-corrected chi connectivity index (χ0v) is 12.5. The third-order valence-corrected chi connectivity index (χ3v) is 3.55. The van der Waals surface area contributed by atoms with E-state index < -0.39 is 0 Å². The second-order valence-electron chi connectivity index (χ2n) is 4.33. The third kappa shape index (κ3) is 3.03. The Morgan fingerprint density at radius 2 is 1.75 bits per heavy atom. The van der Waals surface area contributed by atoms with Crippen LogP contribution in [-0.2, 0) is 0 Å². The number of benzene rings is 1. The number of amidine groups is 1. The van der Waals surface area contributed by atoms with E-state index in [1.54, 1.807) is 0 Å². The highest BCUT2D eigenvalue weighted by Gasteiger charge is 2.03. The average molecular weight is 284 g/mol. The van der Waals surface area contributed by atoms with Crippen molar-refractivity contribution in [3.05, 3.63) is 47.8 Å². The topological polar surface area (TPSA) is 53.1 Å². The maximum Gasteiger partial charge on any atom is 0.183 e. The molecule has 0 saturated carbocycles. The summed E-state index contributed by atoms with van der Waals surface area (Å²) < 4.78 is 2.19. The van der Waals surface area contributed by atoms with Gasteiger partial charge in [0.2, 0.25) is 0 Å². The molecule has 0 spiro atoms. The molecule has 2 rings (SSSR count). The summed E-state index contributed by atoms with van der Waals surface area (Å²) in [5, 5.41) is 11.8. The van der Waals surface area contributed by atoms with E-state index in [0.717, 1.165) is 11.4 Å². The van der Waals surface area contributed by atoms with Gasteiger partial charge in [0.25, 0.3) is 0 Å². The van der Waals surface area contributed by atoms with E-state index in [4.69, 9.17) is 5.26 Å². The van der Waals surface area contributed by atoms with Crippen LogP contribution in [0.3, 0.4) is 0 Å². The van der Waals surface area contributed by atoms with Gasteiger partial charge in [-0.15, -0.1) is 0 Å². The lowest BCUT2D eigenvalue weighted by molar-refractivity contribution is 0.966. The molecular weight excluding hydrogens is 268 g/mol. The molecule has 0 bridgehead atoms. The normalized spacial score (nSPS) is 11.2. The van der Waals surface area contributed by atoms with Crippen LogP contribution < -0.4 is 5.32 Å². The van der Waals surface area contributed by atoms with Crippen LogP contribution in [0.25, 0.3) is 5.69 Å². The minimum atomic E-state index is 0.591. The standard InChI is InChI=1S/C15H16N4S/c1-11-4-5-12(2)19(11)14-8-6-13(7-9-14)18-15(20-3)17-10-16/h4-9H,1-3H3,(H,17,18). The van der Waals surface area contributed by atoms with Gasteiger partial charge in [0.1, 0.15) is 0 Å². The maximum absolute atomic E-state index is 8.62. The molecule has 0 fully saturated rings. The first-order valence-corrected chi connectivity index (χ1v) is 7.41. The Bertz CT molecular complexity index is 643. The summed E-state index contributed by atoms with van der Waals surface area (Å²) in [6, 6.07) is 12.2. The summed E-state index contributed by atoms with van der Waals surface area (Å²) in [6.45, 7) is 4.17. The molecule has 20 heavy (non-hydrogen) atoms. The van der Waals surface area contributed by atoms with Crippen molar-refractivity contribution in [2.75, 3.05) is 6.26 Å². The quantitative estimate of drug-likeness (QED) is 0.397. The molecule has 4 nitrogen and oxygen atoms in total. The van der Waals surface area contributed by atoms with Crippen molar-refractivity contribution in [2.45, 2.75) is 13.8 Å². The predicted octanol–water partition coefficient (Wildman–Crippen LogP) is 3.52. The smallest absolute Gasteiger partial charge is 0.183 e. The highest BCUT2D eigenvalue weighted by atomic mass is 32.2. The Kier molecular flexibility index (Phi) is 4.49. The van der Waals surface area contributed by atoms with Crippen LogP contribution in [0, 0.1) is 25.3 Å². The molecule has 5 heteroatoms. The molecule has 0 unspecified atom stereocenters. The van der Waals surface area contributed by atoms with E-state index >= 15 is 0 Å². The number of nitrogens with one attached hydrogen (secondary N) is 1. The number of thioether (sulfide) groups is 1. The van der Waals surface area contributed by atoms with Gasteiger partial charge in [-0.1, -0.05) is 11.8 Å². The van der Waals surface area contributed by atoms with E-state index in [9.17, 15) is 0 Å². The Morgan fingerprint density at radius 3 is 2.25 bits per heavy atom. The third-order valence-electron chi connectivity index (χ3n) is 2.97. The highest BCUT2D eigenvalue weighted by Crippen LogP contribution is 2.20. The fraction of sp³-hybridized carbons (Fsp3) is 0.200. The molecular formula is C15H16N4S. The molecule has 0 atom stereocenters. The first-order chi connectivity index (χ1) is 9.65. The summed E-state index contributed by atoms with van der Waals surface area (Å²) in [5.74, 6) is 0. The minimum Gasteiger partial charge on any atom is -0.319 e. The zero-order valence-electron chi connectivity index (χ0n) is 11.7. The van der Waals surface area contributed by atoms with Gasteiger partial charge >= 0.3 is 0 Å². The van der Waals surface area contributed by atoms with Gasteiger partial charge in [-0.2, -0.15) is 5.26 Å². The number of nitriles is 1. The van der Waals surface area contributed by atoms with Gasteiger partial charge in [0.05, 0.1) is 5.69 Å². The van der Waals surface area contributed by atoms with Gasteiger partial charge in [-0.25, -0.2) is 4.99 Å². The van der Waals surface area contributed by atoms with Crippen LogP contribution in [-0.4, -0.2) is 16.0 Å². The van der Waals surface area contributed by atoms with Crippen LogP contribution >= 0.6 is 11.8 Å². The van der Waals surface area contributed by atoms with Crippen LogP contribution in [0.1, 0.15) is 11.4 Å². The lowest BCUT2D eigenvalue weighted by Crippen LogP contribution is -2.12. The summed E-state index contributed by atoms with van der Waals surface area (Å²) in [5.41, 5.74) is 4.34. The highest BCUT2D eigenvalue weighted by molar-refractivity contribution is 8.13. The first-order valence-electron chi connectivity index (χ1n) is 6.19. The van der Waals surface area contributed by atoms with Crippen LogP contribution in [0.15, 0.2) is 41.4 Å². The predicted molar refractivity (Wildman–Crippen MR) is 84.6 cm³/mol. The fourth-order valence-electron chi connectivity index (χ4n) is 2.04. The largest absolute Gasteiger partial charge is 0.319 e. The maximum atomic E-state index is 8.62. The number of aromatic nitrogens is 1. The molecule has 1 heterocycles. The molecule has 1 aromatic carbocycles. The van der Waals surface area contributed by atoms with Gasteiger partial charge in [-0.3, -0.25) is 5.32 Å². The lowest BCUT2D eigenvalue weighted by atomic mass is 10.2. The van der Waals surface area contributed by atoms with Crippen molar-refractivity contribution < 1.29 is 0 Å². The Labute approximate surface area is 123 Å². The lowest BCUT2D eigenvalue weighted by Gasteiger charge is -2.09. The number of aryl methyl sites for hydroxylation is 2. The molecule has 102 valence electrons. The number of nitrogens with zero attached hydrogens (tertiary/aromatic N) is 3. The van der Waals surface area contributed by atoms with Crippen LogP contribution in [0.5, 0.6) is 0 Å². The first kappa shape index (κ1) is 14.2. The SMILES string of the molecule is CSC(=Nc1ccc(-n2c(C)ccc2C)cc1)NC#N. The molecule has 2 aromatic rings. The van der Waals surface area contributed by atoms with Crippen molar-refractivity contribution in [1.82, 2.24) is 9.88 Å². The molecule has 1 aromatic heterocycles. The van der Waals surface area contributed by atoms with E-state index in [-0.39, 0.29) is 0 Å². The molecule has 0 aliphatic rings. The second-order valence-corrected chi connectivity index (χ2v) is 5.12. The van der Waals surface area contributed by atoms with Gasteiger partial charge < -0.3 is 4.57 Å². The number of rotatable bonds is 2. The summed E-state index contributed by atoms with van der Waals surface area (Å²) >= 11 is 1.41. The van der Waals surface area contributed by atoms with Gasteiger partial charge in [0.15, 0.2) is 11.4 Å². The Balaban J connectivity index is 2.30. The average Bonchev–Trinajstić information content (AvgIpc) is 2.79. The minimum absolute atomic E-state index is 0.591. The molecule has 0 saturated heterocycles. The number of aliphatic imine (C=N–C) groups is 1. The molecule has 0 aliphatic heterocycles. The van der Waals surface area contributed by atoms with E-state index in [1.807, 2.05) is 36.7 Å². The van der Waals surface area contributed by atoms with E-state index in [1.165, 1.54) is 23.1 Å². The van der Waals surface area contributed by atoms with E-state index in [2.05, 4.69) is 40.9 Å².